The maximum absolute atomic E-state index is 6.58. The summed E-state index contributed by atoms with van der Waals surface area (Å²) in [6.07, 6.45) is 9.19. The minimum absolute atomic E-state index is 0.0997. The van der Waals surface area contributed by atoms with Gasteiger partial charge < -0.3 is 10.3 Å². The summed E-state index contributed by atoms with van der Waals surface area (Å²) in [7, 11) is 0. The quantitative estimate of drug-likeness (QED) is 0.731. The molecule has 1 atom stereocenters. The minimum Gasteiger partial charge on any atom is -0.344 e. The fourth-order valence-corrected chi connectivity index (χ4v) is 4.27. The van der Waals surface area contributed by atoms with Crippen LogP contribution in [0.1, 0.15) is 42.1 Å². The van der Waals surface area contributed by atoms with Crippen LogP contribution in [0.25, 0.3) is 10.9 Å². The Hall–Kier alpha value is -2.13. The highest BCUT2D eigenvalue weighted by molar-refractivity contribution is 5.86. The molecule has 0 spiro atoms. The number of benzene rings is 1. The van der Waals surface area contributed by atoms with Gasteiger partial charge in [-0.2, -0.15) is 0 Å². The van der Waals surface area contributed by atoms with E-state index in [1.807, 2.05) is 18.5 Å². The van der Waals surface area contributed by atoms with E-state index in [1.54, 1.807) is 0 Å². The number of hydrogen-bond acceptors (Lipinski definition) is 2. The molecule has 3 aromatic rings. The average molecular weight is 333 g/mol. The van der Waals surface area contributed by atoms with Gasteiger partial charge in [-0.25, -0.2) is 0 Å². The molecular formula is C22H27N3. The van der Waals surface area contributed by atoms with E-state index in [0.717, 1.165) is 32.2 Å². The Morgan fingerprint density at radius 3 is 2.96 bits per heavy atom. The molecule has 0 fully saturated rings. The van der Waals surface area contributed by atoms with Crippen LogP contribution in [0, 0.1) is 6.92 Å². The van der Waals surface area contributed by atoms with Gasteiger partial charge in [0.25, 0.3) is 0 Å². The summed E-state index contributed by atoms with van der Waals surface area (Å²) in [5, 5.41) is 1.40. The molecule has 0 radical (unpaired) electrons. The number of aromatic nitrogens is 2. The van der Waals surface area contributed by atoms with E-state index in [-0.39, 0.29) is 5.54 Å². The van der Waals surface area contributed by atoms with Crippen molar-refractivity contribution in [3.63, 3.8) is 0 Å². The number of nitrogens with two attached hydrogens (primary N) is 1. The average Bonchev–Trinajstić information content (AvgIpc) is 2.75. The van der Waals surface area contributed by atoms with Crippen LogP contribution in [0.3, 0.4) is 0 Å². The minimum atomic E-state index is -0.0997. The summed E-state index contributed by atoms with van der Waals surface area (Å²) < 4.78 is 2.54. The lowest BCUT2D eigenvalue weighted by Crippen LogP contribution is -2.37. The summed E-state index contributed by atoms with van der Waals surface area (Å²) in [5.74, 6) is 0. The van der Waals surface area contributed by atoms with Crippen molar-refractivity contribution in [3.8, 4) is 0 Å². The maximum atomic E-state index is 6.58. The third kappa shape index (κ3) is 3.21. The van der Waals surface area contributed by atoms with Gasteiger partial charge >= 0.3 is 0 Å². The van der Waals surface area contributed by atoms with Gasteiger partial charge in [0.1, 0.15) is 0 Å². The molecule has 0 aliphatic heterocycles. The molecule has 4 rings (SSSR count). The largest absolute Gasteiger partial charge is 0.344 e. The fourth-order valence-electron chi connectivity index (χ4n) is 4.27. The molecule has 0 amide bonds. The van der Waals surface area contributed by atoms with Crippen LogP contribution in [0.5, 0.6) is 0 Å². The molecule has 2 heterocycles. The van der Waals surface area contributed by atoms with Gasteiger partial charge in [-0.05, 0) is 75.3 Å². The van der Waals surface area contributed by atoms with Crippen LogP contribution < -0.4 is 5.73 Å². The van der Waals surface area contributed by atoms with E-state index in [0.29, 0.717) is 0 Å². The first-order chi connectivity index (χ1) is 12.0. The molecule has 0 bridgehead atoms. The Labute approximate surface area is 149 Å². The third-order valence-corrected chi connectivity index (χ3v) is 5.53. The summed E-state index contributed by atoms with van der Waals surface area (Å²) in [4.78, 5) is 4.25. The zero-order valence-corrected chi connectivity index (χ0v) is 15.3. The standard InChI is InChI=1S/C22H27N3/c1-16-7-8-21-18(13-16)19-14-22(2,23)10-3-6-20(19)25(21)12-9-17-5-4-11-24-15-17/h4-5,7-8,11,13,15H,3,6,9-10,12,14,23H2,1-2H3. The first-order valence-electron chi connectivity index (χ1n) is 9.32. The second kappa shape index (κ2) is 6.30. The lowest BCUT2D eigenvalue weighted by Gasteiger charge is -2.22. The number of aryl methyl sites for hydroxylation is 3. The van der Waals surface area contributed by atoms with E-state index in [2.05, 4.69) is 47.7 Å². The summed E-state index contributed by atoms with van der Waals surface area (Å²) in [5.41, 5.74) is 13.4. The molecule has 1 aliphatic carbocycles. The summed E-state index contributed by atoms with van der Waals surface area (Å²) >= 11 is 0. The molecule has 1 aliphatic rings. The molecule has 1 unspecified atom stereocenters. The van der Waals surface area contributed by atoms with Crippen molar-refractivity contribution in [3.05, 3.63) is 65.1 Å². The molecule has 130 valence electrons. The van der Waals surface area contributed by atoms with E-state index >= 15 is 0 Å². The van der Waals surface area contributed by atoms with Crippen molar-refractivity contribution in [2.75, 3.05) is 0 Å². The smallest absolute Gasteiger partial charge is 0.0485 e. The third-order valence-electron chi connectivity index (χ3n) is 5.53. The molecule has 3 nitrogen and oxygen atoms in total. The topological polar surface area (TPSA) is 43.8 Å². The normalized spacial score (nSPS) is 20.4. The van der Waals surface area contributed by atoms with Gasteiger partial charge in [0.15, 0.2) is 0 Å². The van der Waals surface area contributed by atoms with Crippen molar-refractivity contribution in [2.24, 2.45) is 5.73 Å². The fraction of sp³-hybridized carbons (Fsp3) is 0.409. The Morgan fingerprint density at radius 2 is 2.16 bits per heavy atom. The predicted octanol–water partition coefficient (Wildman–Crippen LogP) is 4.18. The Bertz CT molecular complexity index is 891. The monoisotopic (exact) mass is 333 g/mol. The summed E-state index contributed by atoms with van der Waals surface area (Å²) in [6.45, 7) is 5.38. The molecular weight excluding hydrogens is 306 g/mol. The molecule has 0 saturated carbocycles. The predicted molar refractivity (Wildman–Crippen MR) is 104 cm³/mol. The molecule has 2 aromatic heterocycles. The van der Waals surface area contributed by atoms with Crippen molar-refractivity contribution in [1.82, 2.24) is 9.55 Å². The zero-order valence-electron chi connectivity index (χ0n) is 15.3. The van der Waals surface area contributed by atoms with Gasteiger partial charge in [-0.15, -0.1) is 0 Å². The lowest BCUT2D eigenvalue weighted by atomic mass is 9.91. The van der Waals surface area contributed by atoms with Gasteiger partial charge in [0.05, 0.1) is 0 Å². The van der Waals surface area contributed by atoms with E-state index in [9.17, 15) is 0 Å². The van der Waals surface area contributed by atoms with Crippen molar-refractivity contribution >= 4 is 10.9 Å². The van der Waals surface area contributed by atoms with Crippen LogP contribution in [-0.2, 0) is 25.8 Å². The van der Waals surface area contributed by atoms with E-state index < -0.39 is 0 Å². The Kier molecular flexibility index (Phi) is 4.12. The zero-order chi connectivity index (χ0) is 17.4. The number of pyridine rings is 1. The Balaban J connectivity index is 1.79. The van der Waals surface area contributed by atoms with Crippen LogP contribution in [0.2, 0.25) is 0 Å². The molecule has 25 heavy (non-hydrogen) atoms. The number of nitrogens with zero attached hydrogens (tertiary/aromatic N) is 2. The molecule has 1 aromatic carbocycles. The highest BCUT2D eigenvalue weighted by atomic mass is 15.0. The number of rotatable bonds is 3. The lowest BCUT2D eigenvalue weighted by molar-refractivity contribution is 0.429. The van der Waals surface area contributed by atoms with Crippen molar-refractivity contribution < 1.29 is 0 Å². The Morgan fingerprint density at radius 1 is 1.28 bits per heavy atom. The number of hydrogen-bond donors (Lipinski definition) is 1. The van der Waals surface area contributed by atoms with Crippen LogP contribution in [-0.4, -0.2) is 15.1 Å². The van der Waals surface area contributed by atoms with Gasteiger partial charge in [-0.3, -0.25) is 4.98 Å². The number of fused-ring (bicyclic) bond motifs is 3. The maximum Gasteiger partial charge on any atom is 0.0485 e. The van der Waals surface area contributed by atoms with E-state index in [1.165, 1.54) is 39.7 Å². The molecule has 0 saturated heterocycles. The van der Waals surface area contributed by atoms with Crippen LogP contribution in [0.4, 0.5) is 0 Å². The second-order valence-corrected chi connectivity index (χ2v) is 7.89. The van der Waals surface area contributed by atoms with E-state index in [4.69, 9.17) is 5.73 Å². The van der Waals surface area contributed by atoms with Crippen LogP contribution in [0.15, 0.2) is 42.7 Å². The van der Waals surface area contributed by atoms with Crippen molar-refractivity contribution in [2.45, 2.75) is 58.0 Å². The summed E-state index contributed by atoms with van der Waals surface area (Å²) in [6, 6.07) is 11.0. The first kappa shape index (κ1) is 16.3. The first-order valence-corrected chi connectivity index (χ1v) is 9.32. The van der Waals surface area contributed by atoms with Crippen LogP contribution >= 0.6 is 0 Å². The second-order valence-electron chi connectivity index (χ2n) is 7.89. The van der Waals surface area contributed by atoms with Crippen molar-refractivity contribution in [1.29, 1.82) is 0 Å². The molecule has 3 heteroatoms. The van der Waals surface area contributed by atoms with Gasteiger partial charge in [0.2, 0.25) is 0 Å². The van der Waals surface area contributed by atoms with Gasteiger partial charge in [-0.1, -0.05) is 17.7 Å². The highest BCUT2D eigenvalue weighted by Crippen LogP contribution is 2.34. The SMILES string of the molecule is Cc1ccc2c(c1)c1c(n2CCc2cccnc2)CCCC(C)(N)C1. The molecule has 2 N–H and O–H groups in total. The van der Waals surface area contributed by atoms with Gasteiger partial charge in [0, 0.05) is 41.1 Å². The highest BCUT2D eigenvalue weighted by Gasteiger charge is 2.28.